The van der Waals surface area contributed by atoms with Gasteiger partial charge in [-0.05, 0) is 43.3 Å². The molecule has 0 atom stereocenters. The lowest BCUT2D eigenvalue weighted by Gasteiger charge is -2.06. The van der Waals surface area contributed by atoms with E-state index in [-0.39, 0.29) is 5.91 Å². The molecule has 1 aromatic heterocycles. The molecule has 22 heavy (non-hydrogen) atoms. The molecule has 3 rings (SSSR count). The average Bonchev–Trinajstić information content (AvgIpc) is 2.89. The van der Waals surface area contributed by atoms with Gasteiger partial charge in [-0.15, -0.1) is 0 Å². The second-order valence-corrected chi connectivity index (χ2v) is 5.67. The van der Waals surface area contributed by atoms with E-state index >= 15 is 0 Å². The van der Waals surface area contributed by atoms with Crippen LogP contribution in [0.25, 0.3) is 10.9 Å². The second-order valence-electron chi connectivity index (χ2n) is 5.24. The van der Waals surface area contributed by atoms with Crippen LogP contribution in [0, 0.1) is 6.92 Å². The Bertz CT molecular complexity index is 808. The number of amides is 1. The summed E-state index contributed by atoms with van der Waals surface area (Å²) in [6.07, 6.45) is 2.20. The van der Waals surface area contributed by atoms with E-state index < -0.39 is 0 Å². The molecule has 1 N–H and O–H groups in total. The lowest BCUT2D eigenvalue weighted by molar-refractivity contribution is -0.116. The maximum atomic E-state index is 12.0. The van der Waals surface area contributed by atoms with Crippen LogP contribution in [0.15, 0.2) is 48.7 Å². The number of carbonyl (C=O) groups excluding carboxylic acids is 1. The standard InChI is InChI=1S/C17H16ClN3O/c1-12-2-7-16-13(10-12)11-19-21(16)9-8-17(22)20-15-5-3-14(18)4-6-15/h2-7,10-11H,8-9H2,1H3,(H,20,22). The number of carbonyl (C=O) groups is 1. The number of hydrogen-bond donors (Lipinski definition) is 1. The van der Waals surface area contributed by atoms with Gasteiger partial charge in [0.15, 0.2) is 0 Å². The summed E-state index contributed by atoms with van der Waals surface area (Å²) in [7, 11) is 0. The molecule has 0 aliphatic rings. The fraction of sp³-hybridized carbons (Fsp3) is 0.176. The first-order valence-corrected chi connectivity index (χ1v) is 7.47. The minimum absolute atomic E-state index is 0.0434. The van der Waals surface area contributed by atoms with E-state index in [0.717, 1.165) is 16.6 Å². The molecule has 0 spiro atoms. The Hall–Kier alpha value is -2.33. The van der Waals surface area contributed by atoms with Gasteiger partial charge in [0.05, 0.1) is 18.3 Å². The Morgan fingerprint density at radius 3 is 2.77 bits per heavy atom. The Morgan fingerprint density at radius 2 is 2.00 bits per heavy atom. The van der Waals surface area contributed by atoms with Crippen molar-refractivity contribution in [1.29, 1.82) is 0 Å². The highest BCUT2D eigenvalue weighted by Gasteiger charge is 2.06. The van der Waals surface area contributed by atoms with Gasteiger partial charge in [0.25, 0.3) is 0 Å². The molecule has 0 aliphatic carbocycles. The smallest absolute Gasteiger partial charge is 0.226 e. The predicted molar refractivity (Wildman–Crippen MR) is 89.2 cm³/mol. The van der Waals surface area contributed by atoms with E-state index in [0.29, 0.717) is 18.0 Å². The van der Waals surface area contributed by atoms with Gasteiger partial charge in [0.1, 0.15) is 0 Å². The molecular formula is C17H16ClN3O. The molecule has 4 nitrogen and oxygen atoms in total. The number of halogens is 1. The highest BCUT2D eigenvalue weighted by Crippen LogP contribution is 2.16. The van der Waals surface area contributed by atoms with E-state index in [4.69, 9.17) is 11.6 Å². The maximum absolute atomic E-state index is 12.0. The third kappa shape index (κ3) is 3.28. The molecule has 0 unspecified atom stereocenters. The van der Waals surface area contributed by atoms with Crippen LogP contribution in [0.4, 0.5) is 5.69 Å². The van der Waals surface area contributed by atoms with E-state index in [2.05, 4.69) is 23.4 Å². The lowest BCUT2D eigenvalue weighted by Crippen LogP contribution is -2.14. The van der Waals surface area contributed by atoms with Gasteiger partial charge in [-0.3, -0.25) is 9.48 Å². The second kappa shape index (κ2) is 6.20. The van der Waals surface area contributed by atoms with E-state index in [1.807, 2.05) is 23.0 Å². The van der Waals surface area contributed by atoms with Crippen LogP contribution < -0.4 is 5.32 Å². The van der Waals surface area contributed by atoms with E-state index in [1.165, 1.54) is 5.56 Å². The molecule has 0 aliphatic heterocycles. The summed E-state index contributed by atoms with van der Waals surface area (Å²) in [5.41, 5.74) is 2.99. The minimum Gasteiger partial charge on any atom is -0.326 e. The Morgan fingerprint density at radius 1 is 1.23 bits per heavy atom. The molecular weight excluding hydrogens is 298 g/mol. The van der Waals surface area contributed by atoms with E-state index in [1.54, 1.807) is 24.3 Å². The Kier molecular flexibility index (Phi) is 4.11. The summed E-state index contributed by atoms with van der Waals surface area (Å²) < 4.78 is 1.86. The number of aryl methyl sites for hydroxylation is 2. The molecule has 0 saturated heterocycles. The van der Waals surface area contributed by atoms with Crippen LogP contribution in [-0.2, 0) is 11.3 Å². The van der Waals surface area contributed by atoms with Gasteiger partial charge in [-0.2, -0.15) is 5.10 Å². The van der Waals surface area contributed by atoms with E-state index in [9.17, 15) is 4.79 Å². The number of aromatic nitrogens is 2. The molecule has 112 valence electrons. The van der Waals surface area contributed by atoms with Crippen LogP contribution in [0.3, 0.4) is 0 Å². The van der Waals surface area contributed by atoms with Gasteiger partial charge in [-0.1, -0.05) is 23.2 Å². The number of benzene rings is 2. The van der Waals surface area contributed by atoms with Crippen molar-refractivity contribution in [2.24, 2.45) is 0 Å². The summed E-state index contributed by atoms with van der Waals surface area (Å²) in [5.74, 6) is -0.0434. The van der Waals surface area contributed by atoms with Crippen molar-refractivity contribution in [3.05, 3.63) is 59.2 Å². The number of nitrogens with one attached hydrogen (secondary N) is 1. The predicted octanol–water partition coefficient (Wildman–Crippen LogP) is 4.03. The first kappa shape index (κ1) is 14.6. The normalized spacial score (nSPS) is 10.8. The largest absolute Gasteiger partial charge is 0.326 e. The quantitative estimate of drug-likeness (QED) is 0.790. The molecule has 2 aromatic carbocycles. The van der Waals surface area contributed by atoms with Crippen molar-refractivity contribution < 1.29 is 4.79 Å². The van der Waals surface area contributed by atoms with Crippen LogP contribution in [-0.4, -0.2) is 15.7 Å². The summed E-state index contributed by atoms with van der Waals surface area (Å²) in [6.45, 7) is 2.60. The van der Waals surface area contributed by atoms with Crippen molar-refractivity contribution in [3.8, 4) is 0 Å². The fourth-order valence-corrected chi connectivity index (χ4v) is 2.47. The molecule has 0 radical (unpaired) electrons. The Balaban J connectivity index is 1.63. The highest BCUT2D eigenvalue weighted by atomic mass is 35.5. The maximum Gasteiger partial charge on any atom is 0.226 e. The zero-order chi connectivity index (χ0) is 15.5. The summed E-state index contributed by atoms with van der Waals surface area (Å²) in [5, 5.41) is 8.94. The fourth-order valence-electron chi connectivity index (χ4n) is 2.35. The van der Waals surface area contributed by atoms with Gasteiger partial charge in [-0.25, -0.2) is 0 Å². The first-order chi connectivity index (χ1) is 10.6. The molecule has 0 bridgehead atoms. The SMILES string of the molecule is Cc1ccc2c(cnn2CCC(=O)Nc2ccc(Cl)cc2)c1. The number of anilines is 1. The molecule has 1 amide bonds. The van der Waals surface area contributed by atoms with Gasteiger partial charge in [0, 0.05) is 22.5 Å². The Labute approximate surface area is 133 Å². The van der Waals surface area contributed by atoms with Crippen LogP contribution >= 0.6 is 11.6 Å². The third-order valence-corrected chi connectivity index (χ3v) is 3.73. The third-order valence-electron chi connectivity index (χ3n) is 3.48. The number of nitrogens with zero attached hydrogens (tertiary/aromatic N) is 2. The molecule has 5 heteroatoms. The lowest BCUT2D eigenvalue weighted by atomic mass is 10.2. The summed E-state index contributed by atoms with van der Waals surface area (Å²) >= 11 is 5.82. The van der Waals surface area contributed by atoms with Crippen molar-refractivity contribution in [1.82, 2.24) is 9.78 Å². The van der Waals surface area contributed by atoms with Gasteiger partial charge < -0.3 is 5.32 Å². The zero-order valence-electron chi connectivity index (χ0n) is 12.2. The van der Waals surface area contributed by atoms with Crippen molar-refractivity contribution in [2.75, 3.05) is 5.32 Å². The first-order valence-electron chi connectivity index (χ1n) is 7.09. The molecule has 0 fully saturated rings. The van der Waals surface area contributed by atoms with Crippen molar-refractivity contribution >= 4 is 34.1 Å². The van der Waals surface area contributed by atoms with Gasteiger partial charge in [0.2, 0.25) is 5.91 Å². The number of hydrogen-bond acceptors (Lipinski definition) is 2. The monoisotopic (exact) mass is 313 g/mol. The highest BCUT2D eigenvalue weighted by molar-refractivity contribution is 6.30. The minimum atomic E-state index is -0.0434. The molecule has 1 heterocycles. The van der Waals surface area contributed by atoms with Gasteiger partial charge >= 0.3 is 0 Å². The summed E-state index contributed by atoms with van der Waals surface area (Å²) in [6, 6.07) is 13.2. The topological polar surface area (TPSA) is 46.9 Å². The van der Waals surface area contributed by atoms with Crippen LogP contribution in [0.5, 0.6) is 0 Å². The number of fused-ring (bicyclic) bond motifs is 1. The molecule has 0 saturated carbocycles. The summed E-state index contributed by atoms with van der Waals surface area (Å²) in [4.78, 5) is 12.0. The molecule has 3 aromatic rings. The number of rotatable bonds is 4. The van der Waals surface area contributed by atoms with Crippen molar-refractivity contribution in [2.45, 2.75) is 19.9 Å². The average molecular weight is 314 g/mol. The van der Waals surface area contributed by atoms with Crippen LogP contribution in [0.2, 0.25) is 5.02 Å². The van der Waals surface area contributed by atoms with Crippen LogP contribution in [0.1, 0.15) is 12.0 Å². The zero-order valence-corrected chi connectivity index (χ0v) is 13.0. The van der Waals surface area contributed by atoms with Crippen molar-refractivity contribution in [3.63, 3.8) is 0 Å².